The van der Waals surface area contributed by atoms with Crippen LogP contribution in [0.4, 0.5) is 0 Å². The van der Waals surface area contributed by atoms with E-state index < -0.39 is 0 Å². The number of hydrogen-bond donors (Lipinski definition) is 2. The number of pyridine rings is 1. The fourth-order valence-electron chi connectivity index (χ4n) is 1.74. The predicted molar refractivity (Wildman–Crippen MR) is 71.9 cm³/mol. The van der Waals surface area contributed by atoms with Crippen LogP contribution in [0.25, 0.3) is 10.9 Å². The molecule has 1 aromatic heterocycles. The lowest BCUT2D eigenvalue weighted by atomic mass is 10.0. The normalized spacial score (nSPS) is 11.1. The van der Waals surface area contributed by atoms with E-state index in [1.807, 2.05) is 12.1 Å². The molecular formula is C13H14ClN3. The number of nitrogens with two attached hydrogens (primary N) is 1. The third-order valence-electron chi connectivity index (χ3n) is 2.67. The van der Waals surface area contributed by atoms with Gasteiger partial charge in [0.15, 0.2) is 0 Å². The molecule has 1 aromatic carbocycles. The van der Waals surface area contributed by atoms with Gasteiger partial charge in [0.05, 0.1) is 5.52 Å². The highest BCUT2D eigenvalue weighted by atomic mass is 35.5. The number of halogens is 1. The van der Waals surface area contributed by atoms with Gasteiger partial charge in [-0.3, -0.25) is 10.4 Å². The van der Waals surface area contributed by atoms with Crippen molar-refractivity contribution < 1.29 is 0 Å². The molecule has 3 nitrogen and oxygen atoms in total. The zero-order chi connectivity index (χ0) is 12.6. The predicted octanol–water partition coefficient (Wildman–Crippen LogP) is 3.30. The van der Waals surface area contributed by atoms with Crippen LogP contribution in [0, 0.1) is 5.41 Å². The number of rotatable bonds is 2. The average molecular weight is 248 g/mol. The molecule has 0 atom stereocenters. The quantitative estimate of drug-likeness (QED) is 0.632. The first kappa shape index (κ1) is 11.9. The Hall–Kier alpha value is -1.61. The second kappa shape index (κ2) is 4.34. The topological polar surface area (TPSA) is 62.8 Å². The molecular weight excluding hydrogens is 234 g/mol. The number of aromatic nitrogens is 1. The van der Waals surface area contributed by atoms with E-state index in [4.69, 9.17) is 22.7 Å². The van der Waals surface area contributed by atoms with Crippen LogP contribution < -0.4 is 5.73 Å². The van der Waals surface area contributed by atoms with Crippen LogP contribution in [0.15, 0.2) is 24.3 Å². The summed E-state index contributed by atoms with van der Waals surface area (Å²) in [6.07, 6.45) is 0. The Morgan fingerprint density at radius 1 is 1.35 bits per heavy atom. The van der Waals surface area contributed by atoms with Crippen LogP contribution >= 0.6 is 11.6 Å². The molecule has 0 aliphatic rings. The molecule has 3 N–H and O–H groups in total. The molecule has 0 spiro atoms. The number of fused-ring (bicyclic) bond motifs is 1. The Morgan fingerprint density at radius 3 is 2.65 bits per heavy atom. The molecule has 88 valence electrons. The van der Waals surface area contributed by atoms with Crippen LogP contribution in [0.2, 0.25) is 5.02 Å². The minimum absolute atomic E-state index is 0.0431. The van der Waals surface area contributed by atoms with Crippen molar-refractivity contribution >= 4 is 28.3 Å². The molecule has 0 fully saturated rings. The van der Waals surface area contributed by atoms with Gasteiger partial charge < -0.3 is 5.73 Å². The fraction of sp³-hybridized carbons (Fsp3) is 0.231. The van der Waals surface area contributed by atoms with E-state index in [-0.39, 0.29) is 5.84 Å². The van der Waals surface area contributed by atoms with Crippen molar-refractivity contribution in [1.29, 1.82) is 5.41 Å². The first-order valence-electron chi connectivity index (χ1n) is 5.43. The van der Waals surface area contributed by atoms with Crippen molar-refractivity contribution in [3.63, 3.8) is 0 Å². The number of nitrogen functional groups attached to an aromatic ring is 1. The fourth-order valence-corrected chi connectivity index (χ4v) is 1.91. The molecule has 0 amide bonds. The largest absolute Gasteiger partial charge is 0.384 e. The van der Waals surface area contributed by atoms with Gasteiger partial charge in [0, 0.05) is 21.7 Å². The molecule has 1 heterocycles. The summed E-state index contributed by atoms with van der Waals surface area (Å²) in [5.74, 6) is 0.342. The Morgan fingerprint density at radius 2 is 2.06 bits per heavy atom. The second-order valence-corrected chi connectivity index (χ2v) is 4.76. The molecule has 0 aliphatic heterocycles. The second-order valence-electron chi connectivity index (χ2n) is 4.32. The number of nitrogens with zero attached hydrogens (tertiary/aromatic N) is 1. The van der Waals surface area contributed by atoms with Crippen molar-refractivity contribution in [3.8, 4) is 0 Å². The number of benzene rings is 1. The first-order valence-corrected chi connectivity index (χ1v) is 5.81. The van der Waals surface area contributed by atoms with Gasteiger partial charge in [-0.25, -0.2) is 0 Å². The van der Waals surface area contributed by atoms with E-state index in [0.29, 0.717) is 16.5 Å². The highest BCUT2D eigenvalue weighted by Crippen LogP contribution is 2.24. The molecule has 0 radical (unpaired) electrons. The van der Waals surface area contributed by atoms with E-state index in [9.17, 15) is 0 Å². The lowest BCUT2D eigenvalue weighted by Crippen LogP contribution is -2.13. The first-order chi connectivity index (χ1) is 7.99. The van der Waals surface area contributed by atoms with Gasteiger partial charge in [0.1, 0.15) is 5.84 Å². The summed E-state index contributed by atoms with van der Waals surface area (Å²) in [6, 6.07) is 7.32. The lowest BCUT2D eigenvalue weighted by Gasteiger charge is -2.10. The van der Waals surface area contributed by atoms with E-state index in [2.05, 4.69) is 18.8 Å². The minimum atomic E-state index is 0.0431. The molecule has 0 saturated heterocycles. The molecule has 0 aliphatic carbocycles. The smallest absolute Gasteiger partial charge is 0.123 e. The lowest BCUT2D eigenvalue weighted by molar-refractivity contribution is 0.829. The SMILES string of the molecule is CC(C)c1cc(C(=N)N)c2cc(Cl)ccc2n1. The van der Waals surface area contributed by atoms with Gasteiger partial charge in [0.25, 0.3) is 0 Å². The molecule has 4 heteroatoms. The summed E-state index contributed by atoms with van der Waals surface area (Å²) >= 11 is 5.96. The summed E-state index contributed by atoms with van der Waals surface area (Å²) in [5, 5.41) is 9.08. The maximum Gasteiger partial charge on any atom is 0.123 e. The molecule has 0 bridgehead atoms. The summed E-state index contributed by atoms with van der Waals surface area (Å²) in [6.45, 7) is 4.13. The van der Waals surface area contributed by atoms with Crippen molar-refractivity contribution in [2.24, 2.45) is 5.73 Å². The van der Waals surface area contributed by atoms with Crippen LogP contribution in [0.3, 0.4) is 0 Å². The van der Waals surface area contributed by atoms with Crippen molar-refractivity contribution in [2.45, 2.75) is 19.8 Å². The van der Waals surface area contributed by atoms with E-state index in [1.54, 1.807) is 12.1 Å². The zero-order valence-electron chi connectivity index (χ0n) is 9.79. The van der Waals surface area contributed by atoms with Crippen LogP contribution in [-0.4, -0.2) is 10.8 Å². The maximum atomic E-state index is 7.63. The van der Waals surface area contributed by atoms with Crippen LogP contribution in [-0.2, 0) is 0 Å². The monoisotopic (exact) mass is 247 g/mol. The molecule has 17 heavy (non-hydrogen) atoms. The Balaban J connectivity index is 2.81. The van der Waals surface area contributed by atoms with Gasteiger partial charge in [-0.05, 0) is 30.2 Å². The van der Waals surface area contributed by atoms with Crippen molar-refractivity contribution in [3.05, 3.63) is 40.5 Å². The molecule has 2 aromatic rings. The Kier molecular flexibility index (Phi) is 3.03. The highest BCUT2D eigenvalue weighted by molar-refractivity contribution is 6.31. The van der Waals surface area contributed by atoms with Crippen LogP contribution in [0.1, 0.15) is 31.0 Å². The van der Waals surface area contributed by atoms with E-state index >= 15 is 0 Å². The van der Waals surface area contributed by atoms with E-state index in [0.717, 1.165) is 16.6 Å². The number of hydrogen-bond acceptors (Lipinski definition) is 2. The molecule has 0 saturated carbocycles. The summed E-state index contributed by atoms with van der Waals surface area (Å²) in [4.78, 5) is 4.55. The summed E-state index contributed by atoms with van der Waals surface area (Å²) in [5.41, 5.74) is 8.07. The Labute approximate surface area is 105 Å². The highest BCUT2D eigenvalue weighted by Gasteiger charge is 2.10. The third-order valence-corrected chi connectivity index (χ3v) is 2.91. The van der Waals surface area contributed by atoms with Gasteiger partial charge in [-0.15, -0.1) is 0 Å². The zero-order valence-corrected chi connectivity index (χ0v) is 10.5. The van der Waals surface area contributed by atoms with Gasteiger partial charge >= 0.3 is 0 Å². The maximum absolute atomic E-state index is 7.63. The van der Waals surface area contributed by atoms with Gasteiger partial charge in [0.2, 0.25) is 0 Å². The summed E-state index contributed by atoms with van der Waals surface area (Å²) in [7, 11) is 0. The standard InChI is InChI=1S/C13H14ClN3/c1-7(2)12-6-10(13(15)16)9-5-8(14)3-4-11(9)17-12/h3-7H,1-2H3,(H3,15,16). The van der Waals surface area contributed by atoms with Crippen molar-refractivity contribution in [1.82, 2.24) is 4.98 Å². The molecule has 0 unspecified atom stereocenters. The van der Waals surface area contributed by atoms with Gasteiger partial charge in [-0.2, -0.15) is 0 Å². The third kappa shape index (κ3) is 2.24. The van der Waals surface area contributed by atoms with Crippen molar-refractivity contribution in [2.75, 3.05) is 0 Å². The molecule has 2 rings (SSSR count). The summed E-state index contributed by atoms with van der Waals surface area (Å²) < 4.78 is 0. The van der Waals surface area contributed by atoms with Crippen LogP contribution in [0.5, 0.6) is 0 Å². The number of nitrogens with one attached hydrogen (secondary N) is 1. The Bertz CT molecular complexity index is 590. The minimum Gasteiger partial charge on any atom is -0.384 e. The average Bonchev–Trinajstić information content (AvgIpc) is 2.27. The number of amidine groups is 1. The van der Waals surface area contributed by atoms with Gasteiger partial charge in [-0.1, -0.05) is 25.4 Å². The van der Waals surface area contributed by atoms with E-state index in [1.165, 1.54) is 0 Å².